The van der Waals surface area contributed by atoms with Gasteiger partial charge in [-0.2, -0.15) is 0 Å². The molecule has 0 rings (SSSR count). The van der Waals surface area contributed by atoms with Gasteiger partial charge >= 0.3 is 0 Å². The van der Waals surface area contributed by atoms with Gasteiger partial charge in [-0.05, 0) is 52.4 Å². The number of hydrogen-bond acceptors (Lipinski definition) is 1. The molecular weight excluding hydrogens is 182 g/mol. The van der Waals surface area contributed by atoms with Crippen molar-refractivity contribution in [1.82, 2.24) is 5.32 Å². The zero-order valence-electron chi connectivity index (χ0n) is 12.1. The quantitative estimate of drug-likeness (QED) is 0.696. The molecule has 0 aliphatic heterocycles. The molecule has 0 unspecified atom stereocenters. The second-order valence-electron chi connectivity index (χ2n) is 7.09. The SMILES string of the molecule is CC(C)CC(C)(C)NC(C)(C)CC(C)C. The van der Waals surface area contributed by atoms with Crippen molar-refractivity contribution in [2.45, 2.75) is 79.3 Å². The lowest BCUT2D eigenvalue weighted by atomic mass is 9.86. The maximum absolute atomic E-state index is 3.80. The van der Waals surface area contributed by atoms with Crippen molar-refractivity contribution in [3.05, 3.63) is 0 Å². The van der Waals surface area contributed by atoms with Crippen molar-refractivity contribution in [3.63, 3.8) is 0 Å². The molecule has 1 heteroatoms. The van der Waals surface area contributed by atoms with E-state index in [2.05, 4.69) is 60.7 Å². The van der Waals surface area contributed by atoms with Gasteiger partial charge in [-0.15, -0.1) is 0 Å². The summed E-state index contributed by atoms with van der Waals surface area (Å²) in [4.78, 5) is 0. The summed E-state index contributed by atoms with van der Waals surface area (Å²) in [5, 5.41) is 3.80. The van der Waals surface area contributed by atoms with Gasteiger partial charge in [-0.25, -0.2) is 0 Å². The molecule has 0 aliphatic rings. The summed E-state index contributed by atoms with van der Waals surface area (Å²) in [6, 6.07) is 0. The van der Waals surface area contributed by atoms with Crippen LogP contribution in [-0.2, 0) is 0 Å². The van der Waals surface area contributed by atoms with Crippen molar-refractivity contribution in [2.75, 3.05) is 0 Å². The van der Waals surface area contributed by atoms with E-state index in [0.29, 0.717) is 0 Å². The Labute approximate surface area is 97.0 Å². The van der Waals surface area contributed by atoms with E-state index in [1.54, 1.807) is 0 Å². The van der Waals surface area contributed by atoms with E-state index < -0.39 is 0 Å². The lowest BCUT2D eigenvalue weighted by molar-refractivity contribution is 0.207. The lowest BCUT2D eigenvalue weighted by Crippen LogP contribution is -2.53. The van der Waals surface area contributed by atoms with Gasteiger partial charge in [0.05, 0.1) is 0 Å². The minimum absolute atomic E-state index is 0.243. The minimum Gasteiger partial charge on any atom is -0.307 e. The summed E-state index contributed by atoms with van der Waals surface area (Å²) in [5.74, 6) is 1.50. The highest BCUT2D eigenvalue weighted by atomic mass is 15.0. The Morgan fingerprint density at radius 3 is 1.20 bits per heavy atom. The molecule has 1 N–H and O–H groups in total. The summed E-state index contributed by atoms with van der Waals surface area (Å²) >= 11 is 0. The monoisotopic (exact) mass is 213 g/mol. The van der Waals surface area contributed by atoms with Crippen molar-refractivity contribution in [1.29, 1.82) is 0 Å². The average Bonchev–Trinajstić information content (AvgIpc) is 1.73. The molecule has 0 heterocycles. The molecule has 0 atom stereocenters. The van der Waals surface area contributed by atoms with Gasteiger partial charge in [0.2, 0.25) is 0 Å². The third kappa shape index (κ3) is 7.84. The second-order valence-corrected chi connectivity index (χ2v) is 7.09. The summed E-state index contributed by atoms with van der Waals surface area (Å²) < 4.78 is 0. The molecule has 0 amide bonds. The first-order valence-corrected chi connectivity index (χ1v) is 6.33. The van der Waals surface area contributed by atoms with Gasteiger partial charge in [0.1, 0.15) is 0 Å². The molecule has 0 radical (unpaired) electrons. The van der Waals surface area contributed by atoms with E-state index >= 15 is 0 Å². The standard InChI is InChI=1S/C14H31N/c1-11(2)9-13(5,6)15-14(7,8)10-12(3)4/h11-12,15H,9-10H2,1-8H3. The van der Waals surface area contributed by atoms with E-state index in [1.807, 2.05) is 0 Å². The fourth-order valence-corrected chi connectivity index (χ4v) is 3.06. The second kappa shape index (κ2) is 5.34. The normalized spacial score (nSPS) is 14.0. The molecule has 15 heavy (non-hydrogen) atoms. The van der Waals surface area contributed by atoms with Crippen molar-refractivity contribution in [3.8, 4) is 0 Å². The molecule has 0 aromatic heterocycles. The Morgan fingerprint density at radius 1 is 0.733 bits per heavy atom. The summed E-state index contributed by atoms with van der Waals surface area (Å²) in [6.07, 6.45) is 2.46. The van der Waals surface area contributed by atoms with Crippen LogP contribution in [0, 0.1) is 11.8 Å². The van der Waals surface area contributed by atoms with Crippen LogP contribution < -0.4 is 5.32 Å². The first-order chi connectivity index (χ1) is 6.54. The summed E-state index contributed by atoms with van der Waals surface area (Å²) in [7, 11) is 0. The van der Waals surface area contributed by atoms with E-state index in [4.69, 9.17) is 0 Å². The van der Waals surface area contributed by atoms with Crippen LogP contribution in [-0.4, -0.2) is 11.1 Å². The fraction of sp³-hybridized carbons (Fsp3) is 1.00. The highest BCUT2D eigenvalue weighted by Crippen LogP contribution is 2.23. The molecule has 0 saturated heterocycles. The van der Waals surface area contributed by atoms with Crippen LogP contribution >= 0.6 is 0 Å². The highest BCUT2D eigenvalue weighted by Gasteiger charge is 2.28. The topological polar surface area (TPSA) is 12.0 Å². The van der Waals surface area contributed by atoms with Gasteiger partial charge in [-0.1, -0.05) is 27.7 Å². The molecule has 0 aromatic carbocycles. The predicted molar refractivity (Wildman–Crippen MR) is 70.2 cm³/mol. The van der Waals surface area contributed by atoms with Crippen LogP contribution in [0.4, 0.5) is 0 Å². The van der Waals surface area contributed by atoms with Crippen LogP contribution in [0.2, 0.25) is 0 Å². The van der Waals surface area contributed by atoms with Crippen LogP contribution in [0.1, 0.15) is 68.2 Å². The third-order valence-corrected chi connectivity index (χ3v) is 2.51. The smallest absolute Gasteiger partial charge is 0.0132 e. The number of hydrogen-bond donors (Lipinski definition) is 1. The summed E-state index contributed by atoms with van der Waals surface area (Å²) in [6.45, 7) is 18.4. The summed E-state index contributed by atoms with van der Waals surface area (Å²) in [5.41, 5.74) is 0.485. The maximum atomic E-state index is 3.80. The maximum Gasteiger partial charge on any atom is 0.0132 e. The number of rotatable bonds is 6. The van der Waals surface area contributed by atoms with Crippen LogP contribution in [0.25, 0.3) is 0 Å². The van der Waals surface area contributed by atoms with E-state index in [-0.39, 0.29) is 11.1 Å². The zero-order chi connectivity index (χ0) is 12.3. The van der Waals surface area contributed by atoms with E-state index in [0.717, 1.165) is 11.8 Å². The van der Waals surface area contributed by atoms with E-state index in [9.17, 15) is 0 Å². The number of nitrogens with one attached hydrogen (secondary N) is 1. The van der Waals surface area contributed by atoms with Gasteiger partial charge in [-0.3, -0.25) is 0 Å². The largest absolute Gasteiger partial charge is 0.307 e. The minimum atomic E-state index is 0.243. The fourth-order valence-electron chi connectivity index (χ4n) is 3.06. The molecule has 0 aromatic rings. The zero-order valence-corrected chi connectivity index (χ0v) is 12.1. The average molecular weight is 213 g/mol. The molecule has 1 nitrogen and oxygen atoms in total. The molecular formula is C14H31N. The molecule has 0 fully saturated rings. The third-order valence-electron chi connectivity index (χ3n) is 2.51. The van der Waals surface area contributed by atoms with Gasteiger partial charge in [0.25, 0.3) is 0 Å². The Bertz CT molecular complexity index is 158. The predicted octanol–water partition coefficient (Wildman–Crippen LogP) is 4.23. The Balaban J connectivity index is 4.29. The van der Waals surface area contributed by atoms with Crippen molar-refractivity contribution in [2.24, 2.45) is 11.8 Å². The highest BCUT2D eigenvalue weighted by molar-refractivity contribution is 4.89. The van der Waals surface area contributed by atoms with Gasteiger partial charge in [0, 0.05) is 11.1 Å². The van der Waals surface area contributed by atoms with Crippen molar-refractivity contribution < 1.29 is 0 Å². The van der Waals surface area contributed by atoms with Crippen molar-refractivity contribution >= 4 is 0 Å². The Morgan fingerprint density at radius 2 is 1.00 bits per heavy atom. The van der Waals surface area contributed by atoms with Crippen LogP contribution in [0.15, 0.2) is 0 Å². The molecule has 92 valence electrons. The van der Waals surface area contributed by atoms with Crippen LogP contribution in [0.5, 0.6) is 0 Å². The molecule has 0 spiro atoms. The molecule has 0 saturated carbocycles. The Kier molecular flexibility index (Phi) is 5.32. The Hall–Kier alpha value is -0.0400. The van der Waals surface area contributed by atoms with Gasteiger partial charge < -0.3 is 5.32 Å². The first kappa shape index (κ1) is 15.0. The molecule has 0 aliphatic carbocycles. The molecule has 0 bridgehead atoms. The van der Waals surface area contributed by atoms with Crippen LogP contribution in [0.3, 0.4) is 0 Å². The van der Waals surface area contributed by atoms with Gasteiger partial charge in [0.15, 0.2) is 0 Å². The first-order valence-electron chi connectivity index (χ1n) is 6.33. The lowest BCUT2D eigenvalue weighted by Gasteiger charge is -2.39. The van der Waals surface area contributed by atoms with E-state index in [1.165, 1.54) is 12.8 Å².